The molecule has 0 aromatic heterocycles. The van der Waals surface area contributed by atoms with Gasteiger partial charge < -0.3 is 0 Å². The van der Waals surface area contributed by atoms with Crippen molar-refractivity contribution < 1.29 is 0 Å². The quantitative estimate of drug-likeness (QED) is 0.264. The van der Waals surface area contributed by atoms with E-state index in [2.05, 4.69) is 11.7 Å². The molecule has 0 aliphatic carbocycles. The van der Waals surface area contributed by atoms with Crippen molar-refractivity contribution in [1.82, 2.24) is 5.01 Å². The molecule has 0 unspecified atom stereocenters. The van der Waals surface area contributed by atoms with Gasteiger partial charge in [0.15, 0.2) is 0 Å². The Morgan fingerprint density at radius 2 is 1.38 bits per heavy atom. The van der Waals surface area contributed by atoms with Crippen molar-refractivity contribution in [2.75, 3.05) is 14.1 Å². The number of hydrogen-bond acceptors (Lipinski definition) is 4. The van der Waals surface area contributed by atoms with Crippen molar-refractivity contribution in [3.63, 3.8) is 0 Å². The van der Waals surface area contributed by atoms with E-state index in [1.54, 1.807) is 14.1 Å². The predicted molar refractivity (Wildman–Crippen MR) is 58.1 cm³/mol. The molecule has 0 amide bonds. The van der Waals surface area contributed by atoms with Crippen molar-refractivity contribution in [3.8, 4) is 0 Å². The average molecular weight is 180 g/mol. The van der Waals surface area contributed by atoms with Crippen LogP contribution in [0.25, 0.3) is 0 Å². The summed E-state index contributed by atoms with van der Waals surface area (Å²) in [5, 5.41) is 1.50. The Labute approximate surface area is 81.0 Å². The molecule has 13 heavy (non-hydrogen) atoms. The summed E-state index contributed by atoms with van der Waals surface area (Å²) in [5.41, 5.74) is 0.822. The molecule has 0 bridgehead atoms. The Kier molecular flexibility index (Phi) is 12.5. The van der Waals surface area contributed by atoms with E-state index in [0.717, 1.165) is 5.46 Å². The van der Waals surface area contributed by atoms with Crippen LogP contribution in [0, 0.1) is 0 Å². The summed E-state index contributed by atoms with van der Waals surface area (Å²) >= 11 is 0. The fraction of sp³-hybridized carbons (Fsp3) is 0.250. The summed E-state index contributed by atoms with van der Waals surface area (Å²) in [6.07, 6.45) is 0. The topological polar surface area (TPSA) is 81.3 Å². The third kappa shape index (κ3) is 18.2. The normalized spacial score (nSPS) is 7.85. The molecule has 1 aromatic carbocycles. The molecule has 0 saturated heterocycles. The lowest BCUT2D eigenvalue weighted by atomic mass is 9.97. The first kappa shape index (κ1) is 14.6. The molecule has 0 aliphatic heterocycles. The lowest BCUT2D eigenvalue weighted by Crippen LogP contribution is -2.18. The van der Waals surface area contributed by atoms with E-state index >= 15 is 0 Å². The lowest BCUT2D eigenvalue weighted by Gasteiger charge is -1.91. The Morgan fingerprint density at radius 3 is 1.54 bits per heavy atom. The zero-order valence-corrected chi connectivity index (χ0v) is 8.14. The standard InChI is InChI=1S/C6H5B.C2H8N2.H4N2/c7-6-4-2-1-3-5-6;1-4(2)3;1-2/h1-5H;3H2,1-2H3;1-2H2. The van der Waals surface area contributed by atoms with Crippen molar-refractivity contribution in [2.24, 2.45) is 17.5 Å². The maximum Gasteiger partial charge on any atom is 0.113 e. The van der Waals surface area contributed by atoms with E-state index in [4.69, 9.17) is 13.7 Å². The van der Waals surface area contributed by atoms with E-state index in [0.29, 0.717) is 0 Å². The van der Waals surface area contributed by atoms with Gasteiger partial charge in [-0.25, -0.2) is 0 Å². The highest BCUT2D eigenvalue weighted by Gasteiger charge is 1.71. The minimum absolute atomic E-state index is 0.822. The Balaban J connectivity index is 0. The molecule has 4 nitrogen and oxygen atoms in total. The SMILES string of the molecule is CN(C)N.NN.[B]c1ccccc1. The minimum atomic E-state index is 0.822. The molecule has 0 saturated carbocycles. The minimum Gasteiger partial charge on any atom is -0.274 e. The van der Waals surface area contributed by atoms with Crippen molar-refractivity contribution in [3.05, 3.63) is 30.3 Å². The first-order valence-electron chi connectivity index (χ1n) is 3.69. The summed E-state index contributed by atoms with van der Waals surface area (Å²) in [7, 11) is 8.91. The van der Waals surface area contributed by atoms with Crippen LogP contribution in [-0.2, 0) is 0 Å². The number of nitrogens with zero attached hydrogens (tertiary/aromatic N) is 1. The maximum absolute atomic E-state index is 5.36. The van der Waals surface area contributed by atoms with Gasteiger partial charge in [-0.3, -0.25) is 22.5 Å². The van der Waals surface area contributed by atoms with Gasteiger partial charge in [-0.1, -0.05) is 35.8 Å². The van der Waals surface area contributed by atoms with Crippen molar-refractivity contribution >= 4 is 13.3 Å². The molecular formula is C8H17BN4. The van der Waals surface area contributed by atoms with Crippen LogP contribution in [0.5, 0.6) is 0 Å². The van der Waals surface area contributed by atoms with Gasteiger partial charge in [0.2, 0.25) is 0 Å². The first-order chi connectivity index (χ1) is 6.13. The molecule has 6 N–H and O–H groups in total. The fourth-order valence-corrected chi connectivity index (χ4v) is 0.453. The monoisotopic (exact) mass is 180 g/mol. The predicted octanol–water partition coefficient (Wildman–Crippen LogP) is -1.28. The Hall–Kier alpha value is -0.875. The van der Waals surface area contributed by atoms with Gasteiger partial charge in [-0.2, -0.15) is 0 Å². The third-order valence-corrected chi connectivity index (χ3v) is 0.800. The average Bonchev–Trinajstić information content (AvgIpc) is 2.08. The number of rotatable bonds is 0. The fourth-order valence-electron chi connectivity index (χ4n) is 0.453. The second kappa shape index (κ2) is 11.1. The molecule has 1 aromatic rings. The highest BCUT2D eigenvalue weighted by molar-refractivity contribution is 6.32. The number of benzene rings is 1. The van der Waals surface area contributed by atoms with Gasteiger partial charge in [0.05, 0.1) is 0 Å². The second-order valence-electron chi connectivity index (χ2n) is 2.37. The van der Waals surface area contributed by atoms with Crippen molar-refractivity contribution in [2.45, 2.75) is 0 Å². The Bertz CT molecular complexity index is 176. The zero-order chi connectivity index (χ0) is 10.7. The van der Waals surface area contributed by atoms with Crippen LogP contribution in [-0.4, -0.2) is 27.0 Å². The van der Waals surface area contributed by atoms with Crippen LogP contribution < -0.4 is 23.0 Å². The number of hydrogen-bond donors (Lipinski definition) is 3. The molecule has 0 atom stereocenters. The number of hydrazine groups is 2. The molecule has 5 heteroatoms. The second-order valence-corrected chi connectivity index (χ2v) is 2.37. The van der Waals surface area contributed by atoms with E-state index in [1.165, 1.54) is 5.01 Å². The molecule has 0 spiro atoms. The molecule has 72 valence electrons. The summed E-state index contributed by atoms with van der Waals surface area (Å²) in [5.74, 6) is 12.9. The van der Waals surface area contributed by atoms with Crippen LogP contribution >= 0.6 is 0 Å². The summed E-state index contributed by atoms with van der Waals surface area (Å²) < 4.78 is 0. The maximum atomic E-state index is 5.36. The summed E-state index contributed by atoms with van der Waals surface area (Å²) in [4.78, 5) is 0. The van der Waals surface area contributed by atoms with Gasteiger partial charge in [0, 0.05) is 14.1 Å². The van der Waals surface area contributed by atoms with Crippen molar-refractivity contribution in [1.29, 1.82) is 0 Å². The van der Waals surface area contributed by atoms with Gasteiger partial charge in [0.1, 0.15) is 7.85 Å². The van der Waals surface area contributed by atoms with Gasteiger partial charge >= 0.3 is 0 Å². The van der Waals surface area contributed by atoms with Crippen LogP contribution in [0.1, 0.15) is 0 Å². The van der Waals surface area contributed by atoms with Crippen LogP contribution in [0.3, 0.4) is 0 Å². The molecule has 0 heterocycles. The van der Waals surface area contributed by atoms with Crippen LogP contribution in [0.4, 0.5) is 0 Å². The number of nitrogens with two attached hydrogens (primary N) is 3. The third-order valence-electron chi connectivity index (χ3n) is 0.800. The van der Waals surface area contributed by atoms with Gasteiger partial charge in [0.25, 0.3) is 0 Å². The summed E-state index contributed by atoms with van der Waals surface area (Å²) in [6, 6.07) is 9.49. The van der Waals surface area contributed by atoms with E-state index in [1.807, 2.05) is 30.3 Å². The van der Waals surface area contributed by atoms with Gasteiger partial charge in [-0.15, -0.1) is 0 Å². The molecule has 2 radical (unpaired) electrons. The van der Waals surface area contributed by atoms with Crippen LogP contribution in [0.15, 0.2) is 30.3 Å². The largest absolute Gasteiger partial charge is 0.274 e. The first-order valence-corrected chi connectivity index (χ1v) is 3.69. The molecule has 1 rings (SSSR count). The highest BCUT2D eigenvalue weighted by atomic mass is 15.4. The van der Waals surface area contributed by atoms with E-state index in [-0.39, 0.29) is 0 Å². The smallest absolute Gasteiger partial charge is 0.113 e. The molecular weight excluding hydrogens is 163 g/mol. The summed E-state index contributed by atoms with van der Waals surface area (Å²) in [6.45, 7) is 0. The Morgan fingerprint density at radius 1 is 1.08 bits per heavy atom. The van der Waals surface area contributed by atoms with Gasteiger partial charge in [-0.05, 0) is 0 Å². The lowest BCUT2D eigenvalue weighted by molar-refractivity contribution is 0.432. The van der Waals surface area contributed by atoms with E-state index in [9.17, 15) is 0 Å². The highest BCUT2D eigenvalue weighted by Crippen LogP contribution is 1.76. The zero-order valence-electron chi connectivity index (χ0n) is 8.14. The molecule has 0 fully saturated rings. The van der Waals surface area contributed by atoms with Crippen LogP contribution in [0.2, 0.25) is 0 Å². The van der Waals surface area contributed by atoms with E-state index < -0.39 is 0 Å². The molecule has 0 aliphatic rings.